The van der Waals surface area contributed by atoms with Crippen molar-refractivity contribution in [2.24, 2.45) is 0 Å². The van der Waals surface area contributed by atoms with Gasteiger partial charge in [0.05, 0.1) is 13.7 Å². The van der Waals surface area contributed by atoms with Crippen molar-refractivity contribution in [2.45, 2.75) is 25.4 Å². The first-order valence-corrected chi connectivity index (χ1v) is 8.07. The Bertz CT molecular complexity index is 716. The summed E-state index contributed by atoms with van der Waals surface area (Å²) in [5, 5.41) is 2.88. The lowest BCUT2D eigenvalue weighted by atomic mass is 10.2. The molecule has 3 rings (SSSR count). The third-order valence-corrected chi connectivity index (χ3v) is 4.09. The van der Waals surface area contributed by atoms with Crippen molar-refractivity contribution in [3.05, 3.63) is 59.9 Å². The van der Waals surface area contributed by atoms with Crippen LogP contribution in [0.25, 0.3) is 0 Å². The van der Waals surface area contributed by atoms with E-state index >= 15 is 0 Å². The molecule has 0 radical (unpaired) electrons. The Labute approximate surface area is 141 Å². The highest BCUT2D eigenvalue weighted by molar-refractivity contribution is 5.92. The Kier molecular flexibility index (Phi) is 5.11. The van der Waals surface area contributed by atoms with Gasteiger partial charge in [0.15, 0.2) is 0 Å². The zero-order chi connectivity index (χ0) is 16.9. The summed E-state index contributed by atoms with van der Waals surface area (Å²) in [7, 11) is 1.59. The number of carbonyl (C=O) groups excluding carboxylic acids is 1. The first kappa shape index (κ1) is 16.5. The molecule has 0 saturated heterocycles. The zero-order valence-electron chi connectivity index (χ0n) is 13.7. The molecule has 0 aliphatic heterocycles. The van der Waals surface area contributed by atoms with Crippen LogP contribution in [0.3, 0.4) is 0 Å². The minimum absolute atomic E-state index is 0.105. The van der Waals surface area contributed by atoms with Crippen molar-refractivity contribution in [1.82, 2.24) is 4.90 Å². The number of hydrogen-bond acceptors (Lipinski definition) is 3. The van der Waals surface area contributed by atoms with Gasteiger partial charge in [0.1, 0.15) is 11.6 Å². The van der Waals surface area contributed by atoms with Gasteiger partial charge in [-0.25, -0.2) is 4.39 Å². The lowest BCUT2D eigenvalue weighted by Gasteiger charge is -2.21. The number of hydrogen-bond donors (Lipinski definition) is 1. The second kappa shape index (κ2) is 7.45. The molecule has 1 fully saturated rings. The quantitative estimate of drug-likeness (QED) is 0.846. The molecule has 2 aromatic rings. The monoisotopic (exact) mass is 328 g/mol. The third-order valence-electron chi connectivity index (χ3n) is 4.09. The standard InChI is InChI=1S/C19H21FN2O2/c1-24-17-7-4-6-15(11-17)21-19(23)13-22(16-9-10-16)12-14-5-2-3-8-18(14)20/h2-8,11,16H,9-10,12-13H2,1H3,(H,21,23). The van der Waals surface area contributed by atoms with Crippen LogP contribution in [-0.4, -0.2) is 30.5 Å². The van der Waals surface area contributed by atoms with E-state index < -0.39 is 0 Å². The number of amides is 1. The third kappa shape index (κ3) is 4.32. The first-order chi connectivity index (χ1) is 11.7. The molecule has 0 atom stereocenters. The van der Waals surface area contributed by atoms with Crippen LogP contribution in [0.2, 0.25) is 0 Å². The summed E-state index contributed by atoms with van der Waals surface area (Å²) in [5.74, 6) is 0.362. The van der Waals surface area contributed by atoms with Gasteiger partial charge < -0.3 is 10.1 Å². The molecular formula is C19H21FN2O2. The van der Waals surface area contributed by atoms with Crippen LogP contribution in [-0.2, 0) is 11.3 Å². The maximum atomic E-state index is 13.9. The van der Waals surface area contributed by atoms with Crippen LogP contribution >= 0.6 is 0 Å². The van der Waals surface area contributed by atoms with Crippen molar-refractivity contribution in [2.75, 3.05) is 19.0 Å². The maximum Gasteiger partial charge on any atom is 0.238 e. The molecule has 1 N–H and O–H groups in total. The second-order valence-corrected chi connectivity index (χ2v) is 6.01. The van der Waals surface area contributed by atoms with E-state index in [0.29, 0.717) is 29.6 Å². The molecule has 0 aromatic heterocycles. The van der Waals surface area contributed by atoms with E-state index in [2.05, 4.69) is 5.32 Å². The molecule has 2 aromatic carbocycles. The van der Waals surface area contributed by atoms with E-state index in [1.807, 2.05) is 29.2 Å². The van der Waals surface area contributed by atoms with Crippen LogP contribution in [0.15, 0.2) is 48.5 Å². The fourth-order valence-corrected chi connectivity index (χ4v) is 2.69. The molecule has 0 spiro atoms. The summed E-state index contributed by atoms with van der Waals surface area (Å²) in [4.78, 5) is 14.4. The van der Waals surface area contributed by atoms with Crippen molar-refractivity contribution in [3.63, 3.8) is 0 Å². The van der Waals surface area contributed by atoms with E-state index in [4.69, 9.17) is 4.74 Å². The normalized spacial score (nSPS) is 13.8. The summed E-state index contributed by atoms with van der Waals surface area (Å²) < 4.78 is 19.0. The highest BCUT2D eigenvalue weighted by Gasteiger charge is 2.30. The molecular weight excluding hydrogens is 307 g/mol. The molecule has 24 heavy (non-hydrogen) atoms. The van der Waals surface area contributed by atoms with Gasteiger partial charge in [0, 0.05) is 29.9 Å². The van der Waals surface area contributed by atoms with E-state index in [1.165, 1.54) is 6.07 Å². The molecule has 5 heteroatoms. The number of benzene rings is 2. The number of methoxy groups -OCH3 is 1. The van der Waals surface area contributed by atoms with Gasteiger partial charge in [-0.3, -0.25) is 9.69 Å². The summed E-state index contributed by atoms with van der Waals surface area (Å²) in [6.45, 7) is 0.694. The van der Waals surface area contributed by atoms with E-state index in [1.54, 1.807) is 25.3 Å². The second-order valence-electron chi connectivity index (χ2n) is 6.01. The van der Waals surface area contributed by atoms with Crippen molar-refractivity contribution >= 4 is 11.6 Å². The number of nitrogens with zero attached hydrogens (tertiary/aromatic N) is 1. The number of halogens is 1. The first-order valence-electron chi connectivity index (χ1n) is 8.07. The largest absolute Gasteiger partial charge is 0.497 e. The van der Waals surface area contributed by atoms with Crippen molar-refractivity contribution in [3.8, 4) is 5.75 Å². The molecule has 1 aliphatic carbocycles. The van der Waals surface area contributed by atoms with Gasteiger partial charge in [-0.15, -0.1) is 0 Å². The van der Waals surface area contributed by atoms with Crippen molar-refractivity contribution < 1.29 is 13.9 Å². The van der Waals surface area contributed by atoms with Crippen LogP contribution in [0.4, 0.5) is 10.1 Å². The van der Waals surface area contributed by atoms with Crippen LogP contribution < -0.4 is 10.1 Å². The van der Waals surface area contributed by atoms with Gasteiger partial charge in [-0.05, 0) is 31.0 Å². The lowest BCUT2D eigenvalue weighted by molar-refractivity contribution is -0.117. The van der Waals surface area contributed by atoms with Gasteiger partial charge in [-0.1, -0.05) is 24.3 Å². The number of nitrogens with one attached hydrogen (secondary N) is 1. The molecule has 126 valence electrons. The Morgan fingerprint density at radius 1 is 1.25 bits per heavy atom. The topological polar surface area (TPSA) is 41.6 Å². The smallest absolute Gasteiger partial charge is 0.238 e. The Morgan fingerprint density at radius 3 is 2.75 bits per heavy atom. The number of ether oxygens (including phenoxy) is 1. The molecule has 0 heterocycles. The number of rotatable bonds is 7. The molecule has 1 aliphatic rings. The SMILES string of the molecule is COc1cccc(NC(=O)CN(Cc2ccccc2F)C2CC2)c1. The fraction of sp³-hybridized carbons (Fsp3) is 0.316. The van der Waals surface area contributed by atoms with E-state index in [9.17, 15) is 9.18 Å². The van der Waals surface area contributed by atoms with E-state index in [-0.39, 0.29) is 18.3 Å². The molecule has 1 amide bonds. The predicted octanol–water partition coefficient (Wildman–Crippen LogP) is 3.44. The Hall–Kier alpha value is -2.40. The summed E-state index contributed by atoms with van der Waals surface area (Å²) in [6.07, 6.45) is 2.11. The highest BCUT2D eigenvalue weighted by atomic mass is 19.1. The van der Waals surface area contributed by atoms with Crippen LogP contribution in [0, 0.1) is 5.82 Å². The minimum atomic E-state index is -0.226. The fourth-order valence-electron chi connectivity index (χ4n) is 2.69. The molecule has 1 saturated carbocycles. The predicted molar refractivity (Wildman–Crippen MR) is 91.5 cm³/mol. The summed E-state index contributed by atoms with van der Waals surface area (Å²) in [5.41, 5.74) is 1.32. The summed E-state index contributed by atoms with van der Waals surface area (Å²) >= 11 is 0. The molecule has 4 nitrogen and oxygen atoms in total. The average molecular weight is 328 g/mol. The Balaban J connectivity index is 1.63. The van der Waals surface area contributed by atoms with Gasteiger partial charge in [-0.2, -0.15) is 0 Å². The zero-order valence-corrected chi connectivity index (χ0v) is 13.7. The van der Waals surface area contributed by atoms with Crippen molar-refractivity contribution in [1.29, 1.82) is 0 Å². The Morgan fingerprint density at radius 2 is 2.04 bits per heavy atom. The number of anilines is 1. The maximum absolute atomic E-state index is 13.9. The highest BCUT2D eigenvalue weighted by Crippen LogP contribution is 2.28. The summed E-state index contributed by atoms with van der Waals surface area (Å²) in [6, 6.07) is 14.3. The van der Waals surface area contributed by atoms with Crippen LogP contribution in [0.5, 0.6) is 5.75 Å². The van der Waals surface area contributed by atoms with Gasteiger partial charge in [0.2, 0.25) is 5.91 Å². The minimum Gasteiger partial charge on any atom is -0.497 e. The molecule has 0 bridgehead atoms. The average Bonchev–Trinajstić information content (AvgIpc) is 3.41. The van der Waals surface area contributed by atoms with Crippen LogP contribution in [0.1, 0.15) is 18.4 Å². The van der Waals surface area contributed by atoms with Gasteiger partial charge in [0.25, 0.3) is 0 Å². The lowest BCUT2D eigenvalue weighted by Crippen LogP contribution is -2.34. The number of carbonyl (C=O) groups is 1. The molecule has 0 unspecified atom stereocenters. The van der Waals surface area contributed by atoms with E-state index in [0.717, 1.165) is 12.8 Å². The van der Waals surface area contributed by atoms with Gasteiger partial charge >= 0.3 is 0 Å².